The second kappa shape index (κ2) is 9.52. The Morgan fingerprint density at radius 2 is 1.85 bits per heavy atom. The largest absolute Gasteiger partial charge is 0.466 e. The van der Waals surface area contributed by atoms with Crippen LogP contribution in [-0.4, -0.2) is 25.8 Å². The number of hydrogen-bond donors (Lipinski definition) is 0. The molecule has 0 aliphatic heterocycles. The minimum atomic E-state index is -0.0843. The predicted octanol–water partition coefficient (Wildman–Crippen LogP) is 2.15. The molecule has 0 unspecified atom stereocenters. The number of ether oxygens (including phenoxy) is 2. The summed E-state index contributed by atoms with van der Waals surface area (Å²) >= 11 is 0. The minimum absolute atomic E-state index is 0.0843. The fourth-order valence-electron chi connectivity index (χ4n) is 0.913. The number of hydrogen-bond acceptors (Lipinski definition) is 3. The van der Waals surface area contributed by atoms with Crippen molar-refractivity contribution in [1.29, 1.82) is 0 Å². The van der Waals surface area contributed by atoms with Crippen LogP contribution in [0.15, 0.2) is 0 Å². The van der Waals surface area contributed by atoms with Crippen LogP contribution in [0.2, 0.25) is 0 Å². The highest BCUT2D eigenvalue weighted by molar-refractivity contribution is 5.69. The molecule has 13 heavy (non-hydrogen) atoms. The average molecular weight is 188 g/mol. The van der Waals surface area contributed by atoms with E-state index in [1.165, 1.54) is 0 Å². The van der Waals surface area contributed by atoms with Gasteiger partial charge in [-0.25, -0.2) is 0 Å². The Hall–Kier alpha value is -0.570. The van der Waals surface area contributed by atoms with Gasteiger partial charge in [-0.2, -0.15) is 0 Å². The Bertz CT molecular complexity index is 123. The molecule has 0 radical (unpaired) electrons. The summed E-state index contributed by atoms with van der Waals surface area (Å²) in [5.41, 5.74) is 0. The minimum Gasteiger partial charge on any atom is -0.466 e. The SMILES string of the molecule is CCCC(=O)OCCCCOCC. The van der Waals surface area contributed by atoms with Crippen molar-refractivity contribution < 1.29 is 14.3 Å². The zero-order chi connectivity index (χ0) is 9.94. The molecule has 0 bridgehead atoms. The number of unbranched alkanes of at least 4 members (excludes halogenated alkanes) is 1. The van der Waals surface area contributed by atoms with Gasteiger partial charge in [-0.1, -0.05) is 6.92 Å². The fourth-order valence-corrected chi connectivity index (χ4v) is 0.913. The van der Waals surface area contributed by atoms with Crippen molar-refractivity contribution >= 4 is 5.97 Å². The lowest BCUT2D eigenvalue weighted by Crippen LogP contribution is -2.05. The Balaban J connectivity index is 3.02. The molecule has 3 nitrogen and oxygen atoms in total. The van der Waals surface area contributed by atoms with Crippen LogP contribution in [-0.2, 0) is 14.3 Å². The summed E-state index contributed by atoms with van der Waals surface area (Å²) in [6.07, 6.45) is 3.26. The molecule has 0 fully saturated rings. The van der Waals surface area contributed by atoms with E-state index in [9.17, 15) is 4.79 Å². The smallest absolute Gasteiger partial charge is 0.305 e. The van der Waals surface area contributed by atoms with E-state index >= 15 is 0 Å². The Kier molecular flexibility index (Phi) is 9.10. The van der Waals surface area contributed by atoms with E-state index in [0.29, 0.717) is 13.0 Å². The second-order valence-electron chi connectivity index (χ2n) is 2.87. The maximum atomic E-state index is 10.9. The third kappa shape index (κ3) is 9.34. The van der Waals surface area contributed by atoms with Crippen LogP contribution < -0.4 is 0 Å². The van der Waals surface area contributed by atoms with Crippen LogP contribution in [0.4, 0.5) is 0 Å². The zero-order valence-corrected chi connectivity index (χ0v) is 8.67. The molecule has 0 spiro atoms. The van der Waals surface area contributed by atoms with Crippen LogP contribution in [0.25, 0.3) is 0 Å². The fraction of sp³-hybridized carbons (Fsp3) is 0.900. The summed E-state index contributed by atoms with van der Waals surface area (Å²) in [5.74, 6) is -0.0843. The molecular weight excluding hydrogens is 168 g/mol. The first-order chi connectivity index (χ1) is 6.31. The molecular formula is C10H20O3. The summed E-state index contributed by atoms with van der Waals surface area (Å²) in [6.45, 7) is 6.00. The first kappa shape index (κ1) is 12.4. The van der Waals surface area contributed by atoms with Gasteiger partial charge in [-0.3, -0.25) is 4.79 Å². The normalized spacial score (nSPS) is 10.0. The van der Waals surface area contributed by atoms with E-state index in [1.807, 2.05) is 13.8 Å². The molecule has 0 aliphatic rings. The number of carbonyl (C=O) groups is 1. The molecule has 0 saturated carbocycles. The molecule has 0 heterocycles. The van der Waals surface area contributed by atoms with Gasteiger partial charge < -0.3 is 9.47 Å². The van der Waals surface area contributed by atoms with Gasteiger partial charge in [-0.15, -0.1) is 0 Å². The maximum absolute atomic E-state index is 10.9. The van der Waals surface area contributed by atoms with Crippen molar-refractivity contribution in [3.8, 4) is 0 Å². The van der Waals surface area contributed by atoms with Gasteiger partial charge in [-0.05, 0) is 26.2 Å². The van der Waals surface area contributed by atoms with E-state index in [-0.39, 0.29) is 5.97 Å². The van der Waals surface area contributed by atoms with Crippen molar-refractivity contribution in [3.63, 3.8) is 0 Å². The van der Waals surface area contributed by atoms with Crippen molar-refractivity contribution in [2.75, 3.05) is 19.8 Å². The lowest BCUT2D eigenvalue weighted by atomic mass is 10.3. The second-order valence-corrected chi connectivity index (χ2v) is 2.87. The zero-order valence-electron chi connectivity index (χ0n) is 8.67. The topological polar surface area (TPSA) is 35.5 Å². The van der Waals surface area contributed by atoms with Crippen molar-refractivity contribution in [2.24, 2.45) is 0 Å². The quantitative estimate of drug-likeness (QED) is 0.432. The van der Waals surface area contributed by atoms with Gasteiger partial charge in [0, 0.05) is 19.6 Å². The molecule has 0 N–H and O–H groups in total. The van der Waals surface area contributed by atoms with E-state index in [1.54, 1.807) is 0 Å². The molecule has 0 atom stereocenters. The lowest BCUT2D eigenvalue weighted by Gasteiger charge is -2.03. The number of rotatable bonds is 8. The lowest BCUT2D eigenvalue weighted by molar-refractivity contribution is -0.143. The molecule has 0 saturated heterocycles. The van der Waals surface area contributed by atoms with Crippen LogP contribution >= 0.6 is 0 Å². The first-order valence-electron chi connectivity index (χ1n) is 5.04. The first-order valence-corrected chi connectivity index (χ1v) is 5.04. The molecule has 78 valence electrons. The molecule has 0 aliphatic carbocycles. The van der Waals surface area contributed by atoms with Crippen LogP contribution in [0.3, 0.4) is 0 Å². The van der Waals surface area contributed by atoms with Crippen molar-refractivity contribution in [3.05, 3.63) is 0 Å². The number of esters is 1. The van der Waals surface area contributed by atoms with Crippen molar-refractivity contribution in [1.82, 2.24) is 0 Å². The van der Waals surface area contributed by atoms with Gasteiger partial charge in [0.25, 0.3) is 0 Å². The van der Waals surface area contributed by atoms with Crippen LogP contribution in [0, 0.1) is 0 Å². The van der Waals surface area contributed by atoms with Crippen molar-refractivity contribution in [2.45, 2.75) is 39.5 Å². The van der Waals surface area contributed by atoms with Crippen LogP contribution in [0.1, 0.15) is 39.5 Å². The highest BCUT2D eigenvalue weighted by Gasteiger charge is 1.99. The third-order valence-electron chi connectivity index (χ3n) is 1.60. The molecule has 3 heteroatoms. The summed E-state index contributed by atoms with van der Waals surface area (Å²) in [4.78, 5) is 10.9. The van der Waals surface area contributed by atoms with Gasteiger partial charge >= 0.3 is 5.97 Å². The Labute approximate surface area is 80.4 Å². The Morgan fingerprint density at radius 1 is 1.15 bits per heavy atom. The molecule has 0 amide bonds. The maximum Gasteiger partial charge on any atom is 0.305 e. The van der Waals surface area contributed by atoms with Gasteiger partial charge in [0.05, 0.1) is 6.61 Å². The highest BCUT2D eigenvalue weighted by Crippen LogP contribution is 1.95. The monoisotopic (exact) mass is 188 g/mol. The highest BCUT2D eigenvalue weighted by atomic mass is 16.5. The molecule has 0 aromatic heterocycles. The third-order valence-corrected chi connectivity index (χ3v) is 1.60. The molecule has 0 aromatic rings. The van der Waals surface area contributed by atoms with E-state index in [4.69, 9.17) is 9.47 Å². The standard InChI is InChI=1S/C10H20O3/c1-3-7-10(11)13-9-6-5-8-12-4-2/h3-9H2,1-2H3. The number of carbonyl (C=O) groups excluding carboxylic acids is 1. The van der Waals surface area contributed by atoms with Gasteiger partial charge in [0.15, 0.2) is 0 Å². The van der Waals surface area contributed by atoms with Gasteiger partial charge in [0.1, 0.15) is 0 Å². The van der Waals surface area contributed by atoms with Crippen LogP contribution in [0.5, 0.6) is 0 Å². The Morgan fingerprint density at radius 3 is 2.46 bits per heavy atom. The van der Waals surface area contributed by atoms with Gasteiger partial charge in [0.2, 0.25) is 0 Å². The summed E-state index contributed by atoms with van der Waals surface area (Å²) in [7, 11) is 0. The van der Waals surface area contributed by atoms with E-state index < -0.39 is 0 Å². The average Bonchev–Trinajstić information content (AvgIpc) is 2.11. The molecule has 0 rings (SSSR count). The van der Waals surface area contributed by atoms with E-state index in [2.05, 4.69) is 0 Å². The van der Waals surface area contributed by atoms with E-state index in [0.717, 1.165) is 32.5 Å². The predicted molar refractivity (Wildman–Crippen MR) is 51.6 cm³/mol. The summed E-state index contributed by atoms with van der Waals surface area (Å²) in [6, 6.07) is 0. The summed E-state index contributed by atoms with van der Waals surface area (Å²) < 4.78 is 10.1. The molecule has 0 aromatic carbocycles. The summed E-state index contributed by atoms with van der Waals surface area (Å²) in [5, 5.41) is 0.